The van der Waals surface area contributed by atoms with Crippen molar-refractivity contribution in [3.63, 3.8) is 0 Å². The number of rotatable bonds is 2. The van der Waals surface area contributed by atoms with E-state index >= 15 is 0 Å². The summed E-state index contributed by atoms with van der Waals surface area (Å²) in [7, 11) is -5.84. The third kappa shape index (κ3) is 4.53. The number of nitrogens with zero attached hydrogens (tertiary/aromatic N) is 2. The van der Waals surface area contributed by atoms with Crippen molar-refractivity contribution in [2.75, 3.05) is 24.7 Å². The molecule has 9 heteroatoms. The molecule has 5 fully saturated rings. The van der Waals surface area contributed by atoms with E-state index in [2.05, 4.69) is 42.7 Å². The molecular weight excluding hydrogens is 441 g/mol. The summed E-state index contributed by atoms with van der Waals surface area (Å²) < 4.78 is 57.5. The van der Waals surface area contributed by atoms with Crippen molar-refractivity contribution in [3.05, 3.63) is 28.8 Å². The van der Waals surface area contributed by atoms with E-state index in [9.17, 15) is 13.2 Å². The first kappa shape index (κ1) is 23.8. The van der Waals surface area contributed by atoms with Crippen molar-refractivity contribution in [2.45, 2.75) is 70.3 Å². The number of benzene rings is 1. The van der Waals surface area contributed by atoms with Crippen molar-refractivity contribution < 1.29 is 26.1 Å². The van der Waals surface area contributed by atoms with Crippen molar-refractivity contribution in [1.29, 1.82) is 0 Å². The Labute approximate surface area is 188 Å². The summed E-state index contributed by atoms with van der Waals surface area (Å²) in [4.78, 5) is 5.57. The van der Waals surface area contributed by atoms with Crippen LogP contribution in [-0.4, -0.2) is 48.7 Å². The highest BCUT2D eigenvalue weighted by Gasteiger charge is 2.54. The molecule has 0 unspecified atom stereocenters. The zero-order valence-corrected chi connectivity index (χ0v) is 19.8. The third-order valence-electron chi connectivity index (χ3n) is 7.90. The maximum Gasteiger partial charge on any atom is 0.522 e. The van der Waals surface area contributed by atoms with Gasteiger partial charge in [0, 0.05) is 24.3 Å². The van der Waals surface area contributed by atoms with E-state index in [1.165, 1.54) is 54.7 Å². The first-order valence-corrected chi connectivity index (χ1v) is 12.8. The van der Waals surface area contributed by atoms with Crippen LogP contribution in [0.25, 0.3) is 0 Å². The van der Waals surface area contributed by atoms with Gasteiger partial charge >= 0.3 is 15.6 Å². The summed E-state index contributed by atoms with van der Waals surface area (Å²) in [6.45, 7) is 10.5. The van der Waals surface area contributed by atoms with Gasteiger partial charge in [-0.2, -0.15) is 21.6 Å². The number of alkyl halides is 3. The number of aryl methyl sites for hydroxylation is 3. The highest BCUT2D eigenvalue weighted by atomic mass is 32.2. The molecule has 0 spiro atoms. The van der Waals surface area contributed by atoms with Gasteiger partial charge < -0.3 is 4.90 Å². The highest BCUT2D eigenvalue weighted by Crippen LogP contribution is 2.58. The maximum atomic E-state index is 10.7. The summed E-state index contributed by atoms with van der Waals surface area (Å²) in [5, 5.41) is 0. The van der Waals surface area contributed by atoms with E-state index in [1.807, 2.05) is 0 Å². The van der Waals surface area contributed by atoms with Crippen LogP contribution in [0.5, 0.6) is 0 Å². The second kappa shape index (κ2) is 8.17. The van der Waals surface area contributed by atoms with Crippen LogP contribution in [0.4, 0.5) is 18.9 Å². The fraction of sp³-hybridized carbons (Fsp3) is 0.739. The number of anilines is 1. The normalized spacial score (nSPS) is 32.2. The van der Waals surface area contributed by atoms with Crippen molar-refractivity contribution in [1.82, 2.24) is 4.90 Å². The molecule has 4 aliphatic carbocycles. The smallest absolute Gasteiger partial charge is 0.357 e. The number of halogens is 3. The minimum atomic E-state index is -5.84. The molecule has 1 aromatic carbocycles. The van der Waals surface area contributed by atoms with Gasteiger partial charge in [-0.15, -0.1) is 0 Å². The van der Waals surface area contributed by atoms with Gasteiger partial charge in [0.05, 0.1) is 6.67 Å². The van der Waals surface area contributed by atoms with Crippen LogP contribution < -0.4 is 4.90 Å². The Balaban J connectivity index is 0.000000265. The molecule has 1 N–H and O–H groups in total. The Bertz CT molecular complexity index is 919. The maximum absolute atomic E-state index is 10.7. The lowest BCUT2D eigenvalue weighted by Gasteiger charge is -2.60. The van der Waals surface area contributed by atoms with Crippen LogP contribution >= 0.6 is 0 Å². The molecule has 1 heterocycles. The van der Waals surface area contributed by atoms with Crippen molar-refractivity contribution in [3.8, 4) is 0 Å². The van der Waals surface area contributed by atoms with Gasteiger partial charge in [0.1, 0.15) is 0 Å². The summed E-state index contributed by atoms with van der Waals surface area (Å²) >= 11 is 0. The molecule has 6 rings (SSSR count). The molecule has 0 aromatic heterocycles. The zero-order valence-electron chi connectivity index (χ0n) is 19.0. The monoisotopic (exact) mass is 474 g/mol. The molecule has 0 amide bonds. The van der Waals surface area contributed by atoms with Gasteiger partial charge in [-0.05, 0) is 88.2 Å². The second-order valence-corrected chi connectivity index (χ2v) is 11.9. The Hall–Kier alpha value is -1.32. The van der Waals surface area contributed by atoms with Crippen LogP contribution in [-0.2, 0) is 10.1 Å². The van der Waals surface area contributed by atoms with Crippen LogP contribution in [0, 0.1) is 38.5 Å². The van der Waals surface area contributed by atoms with E-state index in [-0.39, 0.29) is 0 Å². The topological polar surface area (TPSA) is 60.9 Å². The van der Waals surface area contributed by atoms with Crippen LogP contribution in [0.1, 0.15) is 55.2 Å². The lowest BCUT2D eigenvalue weighted by Crippen LogP contribution is -2.59. The van der Waals surface area contributed by atoms with Crippen LogP contribution in [0.3, 0.4) is 0 Å². The molecule has 5 aliphatic rings. The Morgan fingerprint density at radius 1 is 0.938 bits per heavy atom. The molecule has 180 valence electrons. The van der Waals surface area contributed by atoms with Gasteiger partial charge in [-0.1, -0.05) is 17.7 Å². The fourth-order valence-electron chi connectivity index (χ4n) is 7.28. The predicted octanol–water partition coefficient (Wildman–Crippen LogP) is 5.05. The minimum Gasteiger partial charge on any atom is -0.357 e. The highest BCUT2D eigenvalue weighted by molar-refractivity contribution is 7.86. The van der Waals surface area contributed by atoms with Gasteiger partial charge in [0.25, 0.3) is 0 Å². The molecule has 1 aliphatic heterocycles. The standard InChI is InChI=1S/C22H32N2.CHF3O3S/c1-15-6-16(2)21(17(3)7-15)23-4-5-24(14-23)22-11-18-8-19(12-22)10-20(9-18)13-22;2-1(3,4)8(5,6)7/h6-7,18-20H,4-5,8-14H2,1-3H3;(H,5,6,7). The zero-order chi connectivity index (χ0) is 23.5. The number of hydrogen-bond acceptors (Lipinski definition) is 4. The predicted molar refractivity (Wildman–Crippen MR) is 118 cm³/mol. The van der Waals surface area contributed by atoms with Gasteiger partial charge in [0.2, 0.25) is 0 Å². The number of hydrogen-bond donors (Lipinski definition) is 1. The average molecular weight is 475 g/mol. The first-order chi connectivity index (χ1) is 14.8. The van der Waals surface area contributed by atoms with Crippen molar-refractivity contribution >= 4 is 15.8 Å². The summed E-state index contributed by atoms with van der Waals surface area (Å²) in [5.41, 5.74) is 0.849. The SMILES string of the molecule is Cc1cc(C)c(N2CCN(C34CC5CC(CC(C5)C3)C4)C2)c(C)c1.O=S(=O)(O)C(F)(F)F. The molecule has 0 radical (unpaired) electrons. The Kier molecular flexibility index (Phi) is 6.08. The van der Waals surface area contributed by atoms with Crippen molar-refractivity contribution in [2.24, 2.45) is 17.8 Å². The fourth-order valence-corrected chi connectivity index (χ4v) is 7.28. The average Bonchev–Trinajstić information content (AvgIpc) is 3.09. The van der Waals surface area contributed by atoms with Gasteiger partial charge in [0.15, 0.2) is 0 Å². The minimum absolute atomic E-state index is 0.565. The van der Waals surface area contributed by atoms with E-state index in [0.29, 0.717) is 5.54 Å². The second-order valence-electron chi connectivity index (χ2n) is 10.5. The van der Waals surface area contributed by atoms with E-state index < -0.39 is 15.6 Å². The first-order valence-electron chi connectivity index (χ1n) is 11.4. The molecule has 1 aromatic rings. The van der Waals surface area contributed by atoms with E-state index in [4.69, 9.17) is 13.0 Å². The molecule has 1 saturated heterocycles. The van der Waals surface area contributed by atoms with Crippen LogP contribution in [0.15, 0.2) is 12.1 Å². The van der Waals surface area contributed by atoms with Crippen LogP contribution in [0.2, 0.25) is 0 Å². The molecular formula is C23H33F3N2O3S. The molecule has 32 heavy (non-hydrogen) atoms. The summed E-state index contributed by atoms with van der Waals surface area (Å²) in [6, 6.07) is 4.71. The lowest BCUT2D eigenvalue weighted by atomic mass is 9.52. The molecule has 5 nitrogen and oxygen atoms in total. The Morgan fingerprint density at radius 2 is 1.38 bits per heavy atom. The van der Waals surface area contributed by atoms with Gasteiger partial charge in [-0.3, -0.25) is 9.45 Å². The third-order valence-corrected chi connectivity index (χ3v) is 8.49. The summed E-state index contributed by atoms with van der Waals surface area (Å²) in [5.74, 6) is 3.15. The van der Waals surface area contributed by atoms with E-state index in [0.717, 1.165) is 24.4 Å². The Morgan fingerprint density at radius 3 is 1.78 bits per heavy atom. The van der Waals surface area contributed by atoms with Gasteiger partial charge in [-0.25, -0.2) is 0 Å². The molecule has 0 atom stereocenters. The molecule has 4 bridgehead atoms. The molecule has 4 saturated carbocycles. The quantitative estimate of drug-likeness (QED) is 0.480. The largest absolute Gasteiger partial charge is 0.522 e. The lowest BCUT2D eigenvalue weighted by molar-refractivity contribution is -0.0797. The van der Waals surface area contributed by atoms with E-state index in [1.54, 1.807) is 19.3 Å². The summed E-state index contributed by atoms with van der Waals surface area (Å²) in [6.07, 6.45) is 9.14.